The summed E-state index contributed by atoms with van der Waals surface area (Å²) in [6.45, 7) is 2.83. The van der Waals surface area contributed by atoms with Gasteiger partial charge in [-0.2, -0.15) is 5.10 Å². The SMILES string of the molecule is CCOc1cc(/C=N/NC(=O)c2ccc(-n3cccc3)cc2)cc(Br)c1OCc1ccccc1. The highest BCUT2D eigenvalue weighted by Gasteiger charge is 2.12. The lowest BCUT2D eigenvalue weighted by atomic mass is 10.2. The molecule has 0 spiro atoms. The van der Waals surface area contributed by atoms with E-state index in [0.717, 1.165) is 21.3 Å². The minimum Gasteiger partial charge on any atom is -0.490 e. The van der Waals surface area contributed by atoms with Gasteiger partial charge in [-0.05, 0) is 82.5 Å². The first-order valence-corrected chi connectivity index (χ1v) is 11.6. The molecule has 4 aromatic rings. The number of carbonyl (C=O) groups is 1. The lowest BCUT2D eigenvalue weighted by Gasteiger charge is -2.14. The van der Waals surface area contributed by atoms with Gasteiger partial charge in [0.1, 0.15) is 6.61 Å². The highest BCUT2D eigenvalue weighted by atomic mass is 79.9. The molecule has 0 saturated carbocycles. The fourth-order valence-corrected chi connectivity index (χ4v) is 3.89. The number of halogens is 1. The summed E-state index contributed by atoms with van der Waals surface area (Å²) < 4.78 is 14.5. The third-order valence-corrected chi connectivity index (χ3v) is 5.56. The minimum atomic E-state index is -0.290. The zero-order chi connectivity index (χ0) is 23.8. The number of rotatable bonds is 9. The zero-order valence-corrected chi connectivity index (χ0v) is 20.2. The summed E-state index contributed by atoms with van der Waals surface area (Å²) in [5.41, 5.74) is 5.89. The number of nitrogens with zero attached hydrogens (tertiary/aromatic N) is 2. The van der Waals surface area contributed by atoms with E-state index in [1.165, 1.54) is 0 Å². The Morgan fingerprint density at radius 3 is 2.44 bits per heavy atom. The molecule has 0 aliphatic rings. The first-order valence-electron chi connectivity index (χ1n) is 10.8. The van der Waals surface area contributed by atoms with Crippen molar-refractivity contribution in [3.63, 3.8) is 0 Å². The van der Waals surface area contributed by atoms with Crippen molar-refractivity contribution >= 4 is 28.1 Å². The number of hydrogen-bond donors (Lipinski definition) is 1. The molecule has 0 atom stereocenters. The van der Waals surface area contributed by atoms with Crippen LogP contribution in [0, 0.1) is 0 Å². The number of ether oxygens (including phenoxy) is 2. The Balaban J connectivity index is 1.42. The van der Waals surface area contributed by atoms with Gasteiger partial charge in [0.2, 0.25) is 0 Å². The van der Waals surface area contributed by atoms with Crippen LogP contribution in [-0.2, 0) is 6.61 Å². The van der Waals surface area contributed by atoms with E-state index in [-0.39, 0.29) is 5.91 Å². The fraction of sp³-hybridized carbons (Fsp3) is 0.111. The molecule has 6 nitrogen and oxygen atoms in total. The third kappa shape index (κ3) is 5.94. The van der Waals surface area contributed by atoms with E-state index in [9.17, 15) is 4.79 Å². The Bertz CT molecular complexity index is 1250. The standard InChI is InChI=1S/C27H24BrN3O3/c1-2-33-25-17-21(16-24(28)26(25)34-19-20-8-4-3-5-9-20)18-29-30-27(32)22-10-12-23(13-11-22)31-14-6-7-15-31/h3-18H,2,19H2,1H3,(H,30,32)/b29-18+. The quantitative estimate of drug-likeness (QED) is 0.219. The second-order valence-electron chi connectivity index (χ2n) is 7.37. The number of benzene rings is 3. The Hall–Kier alpha value is -3.84. The van der Waals surface area contributed by atoms with Crippen LogP contribution < -0.4 is 14.9 Å². The number of aromatic nitrogens is 1. The van der Waals surface area contributed by atoms with Gasteiger partial charge < -0.3 is 14.0 Å². The van der Waals surface area contributed by atoms with Gasteiger partial charge in [-0.25, -0.2) is 5.43 Å². The van der Waals surface area contributed by atoms with Gasteiger partial charge in [-0.1, -0.05) is 30.3 Å². The molecule has 172 valence electrons. The maximum atomic E-state index is 12.5. The van der Waals surface area contributed by atoms with Crippen molar-refractivity contribution in [3.8, 4) is 17.2 Å². The number of nitrogens with one attached hydrogen (secondary N) is 1. The molecule has 0 bridgehead atoms. The van der Waals surface area contributed by atoms with Crippen LogP contribution in [0.1, 0.15) is 28.4 Å². The maximum absolute atomic E-state index is 12.5. The van der Waals surface area contributed by atoms with Gasteiger partial charge in [0.15, 0.2) is 11.5 Å². The van der Waals surface area contributed by atoms with E-state index in [4.69, 9.17) is 9.47 Å². The van der Waals surface area contributed by atoms with Gasteiger partial charge in [0.05, 0.1) is 17.3 Å². The van der Waals surface area contributed by atoms with E-state index in [0.29, 0.717) is 30.3 Å². The molecule has 3 aromatic carbocycles. The second-order valence-corrected chi connectivity index (χ2v) is 8.23. The molecule has 0 radical (unpaired) electrons. The Morgan fingerprint density at radius 1 is 1.00 bits per heavy atom. The molecule has 1 N–H and O–H groups in total. The van der Waals surface area contributed by atoms with Crippen LogP contribution in [0.3, 0.4) is 0 Å². The lowest BCUT2D eigenvalue weighted by Crippen LogP contribution is -2.17. The van der Waals surface area contributed by atoms with E-state index in [2.05, 4.69) is 26.5 Å². The number of hydrazone groups is 1. The van der Waals surface area contributed by atoms with Crippen LogP contribution in [0.25, 0.3) is 5.69 Å². The largest absolute Gasteiger partial charge is 0.490 e. The van der Waals surface area contributed by atoms with Gasteiger partial charge in [0.25, 0.3) is 5.91 Å². The number of hydrogen-bond acceptors (Lipinski definition) is 4. The molecular formula is C27H24BrN3O3. The molecule has 7 heteroatoms. The van der Waals surface area contributed by atoms with Crippen molar-refractivity contribution in [1.29, 1.82) is 0 Å². The summed E-state index contributed by atoms with van der Waals surface area (Å²) in [4.78, 5) is 12.5. The van der Waals surface area contributed by atoms with E-state index >= 15 is 0 Å². The van der Waals surface area contributed by atoms with E-state index in [1.54, 1.807) is 18.3 Å². The average Bonchev–Trinajstić information content (AvgIpc) is 3.40. The molecule has 0 fully saturated rings. The first kappa shape index (κ1) is 23.3. The van der Waals surface area contributed by atoms with Crippen molar-refractivity contribution in [2.75, 3.05) is 6.61 Å². The summed E-state index contributed by atoms with van der Waals surface area (Å²) in [6, 6.07) is 24.8. The molecule has 1 aromatic heterocycles. The molecule has 4 rings (SSSR count). The summed E-state index contributed by atoms with van der Waals surface area (Å²) >= 11 is 3.57. The monoisotopic (exact) mass is 517 g/mol. The normalized spacial score (nSPS) is 10.9. The Labute approximate surface area is 207 Å². The van der Waals surface area contributed by atoms with Crippen molar-refractivity contribution in [2.45, 2.75) is 13.5 Å². The van der Waals surface area contributed by atoms with E-state index < -0.39 is 0 Å². The van der Waals surface area contributed by atoms with Gasteiger partial charge in [-0.3, -0.25) is 4.79 Å². The van der Waals surface area contributed by atoms with Crippen molar-refractivity contribution < 1.29 is 14.3 Å². The van der Waals surface area contributed by atoms with Crippen LogP contribution in [-0.4, -0.2) is 23.3 Å². The smallest absolute Gasteiger partial charge is 0.271 e. The molecule has 34 heavy (non-hydrogen) atoms. The topological polar surface area (TPSA) is 64.8 Å². The number of carbonyl (C=O) groups excluding carboxylic acids is 1. The minimum absolute atomic E-state index is 0.290. The second kappa shape index (κ2) is 11.3. The van der Waals surface area contributed by atoms with Crippen molar-refractivity contribution in [3.05, 3.63) is 112 Å². The van der Waals surface area contributed by atoms with Crippen molar-refractivity contribution in [2.24, 2.45) is 5.10 Å². The van der Waals surface area contributed by atoms with Gasteiger partial charge >= 0.3 is 0 Å². The first-order chi connectivity index (χ1) is 16.6. The van der Waals surface area contributed by atoms with Crippen LogP contribution in [0.2, 0.25) is 0 Å². The predicted molar refractivity (Wildman–Crippen MR) is 137 cm³/mol. The maximum Gasteiger partial charge on any atom is 0.271 e. The molecular weight excluding hydrogens is 494 g/mol. The average molecular weight is 518 g/mol. The summed E-state index contributed by atoms with van der Waals surface area (Å²) in [5, 5.41) is 4.11. The molecule has 1 amide bonds. The van der Waals surface area contributed by atoms with Crippen molar-refractivity contribution in [1.82, 2.24) is 9.99 Å². The Kier molecular flexibility index (Phi) is 7.78. The Morgan fingerprint density at radius 2 is 1.74 bits per heavy atom. The lowest BCUT2D eigenvalue weighted by molar-refractivity contribution is 0.0955. The highest BCUT2D eigenvalue weighted by molar-refractivity contribution is 9.10. The van der Waals surface area contributed by atoms with Gasteiger partial charge in [0, 0.05) is 23.6 Å². The summed E-state index contributed by atoms with van der Waals surface area (Å²) in [7, 11) is 0. The zero-order valence-electron chi connectivity index (χ0n) is 18.6. The molecule has 1 heterocycles. The third-order valence-electron chi connectivity index (χ3n) is 4.97. The molecule has 0 unspecified atom stereocenters. The van der Waals surface area contributed by atoms with Crippen LogP contribution in [0.4, 0.5) is 0 Å². The van der Waals surface area contributed by atoms with Crippen LogP contribution >= 0.6 is 15.9 Å². The predicted octanol–water partition coefficient (Wildman–Crippen LogP) is 5.98. The van der Waals surface area contributed by atoms with Gasteiger partial charge in [-0.15, -0.1) is 0 Å². The summed E-state index contributed by atoms with van der Waals surface area (Å²) in [5.74, 6) is 0.929. The molecule has 0 saturated heterocycles. The fourth-order valence-electron chi connectivity index (χ4n) is 3.32. The highest BCUT2D eigenvalue weighted by Crippen LogP contribution is 2.37. The molecule has 0 aliphatic heterocycles. The number of amides is 1. The van der Waals surface area contributed by atoms with E-state index in [1.807, 2.05) is 90.6 Å². The summed E-state index contributed by atoms with van der Waals surface area (Å²) in [6.07, 6.45) is 5.47. The van der Waals surface area contributed by atoms with Crippen LogP contribution in [0.5, 0.6) is 11.5 Å². The molecule has 0 aliphatic carbocycles. The van der Waals surface area contributed by atoms with Crippen LogP contribution in [0.15, 0.2) is 101 Å².